The van der Waals surface area contributed by atoms with Crippen LogP contribution in [0.1, 0.15) is 41.7 Å². The maximum Gasteiger partial charge on any atom is 0.270 e. The van der Waals surface area contributed by atoms with Gasteiger partial charge in [0, 0.05) is 31.0 Å². The van der Waals surface area contributed by atoms with Crippen molar-refractivity contribution in [1.82, 2.24) is 14.4 Å². The van der Waals surface area contributed by atoms with E-state index in [0.717, 1.165) is 48.2 Å². The number of rotatable bonds is 4. The summed E-state index contributed by atoms with van der Waals surface area (Å²) in [5.74, 6) is 0.0735. The van der Waals surface area contributed by atoms with E-state index < -0.39 is 6.10 Å². The van der Waals surface area contributed by atoms with Crippen LogP contribution in [0.4, 0.5) is 0 Å². The SMILES string of the molecule is CN1CCc2c(n(C[C@H](O)CN3CCCCCC3)c3ccccc23)C1=O. The number of para-hydroxylation sites is 1. The van der Waals surface area contributed by atoms with Crippen molar-refractivity contribution in [3.05, 3.63) is 35.5 Å². The fraction of sp³-hybridized carbons (Fsp3) is 0.571. The molecule has 0 saturated carbocycles. The molecule has 1 atom stereocenters. The van der Waals surface area contributed by atoms with Crippen molar-refractivity contribution in [2.45, 2.75) is 44.8 Å². The number of aliphatic hydroxyl groups excluding tert-OH is 1. The number of nitrogens with zero attached hydrogens (tertiary/aromatic N) is 3. The quantitative estimate of drug-likeness (QED) is 0.917. The van der Waals surface area contributed by atoms with E-state index in [-0.39, 0.29) is 5.91 Å². The number of fused-ring (bicyclic) bond motifs is 3. The van der Waals surface area contributed by atoms with Crippen LogP contribution in [0.25, 0.3) is 10.9 Å². The fourth-order valence-corrected chi connectivity index (χ4v) is 4.51. The van der Waals surface area contributed by atoms with Crippen LogP contribution in [0.5, 0.6) is 0 Å². The highest BCUT2D eigenvalue weighted by Crippen LogP contribution is 2.30. The molecule has 0 aliphatic carbocycles. The molecular formula is C21H29N3O2. The first-order valence-corrected chi connectivity index (χ1v) is 9.91. The highest BCUT2D eigenvalue weighted by atomic mass is 16.3. The van der Waals surface area contributed by atoms with Gasteiger partial charge in [-0.05, 0) is 44.0 Å². The van der Waals surface area contributed by atoms with E-state index in [0.29, 0.717) is 13.1 Å². The molecule has 3 heterocycles. The summed E-state index contributed by atoms with van der Waals surface area (Å²) in [6, 6.07) is 8.22. The van der Waals surface area contributed by atoms with Gasteiger partial charge < -0.3 is 19.5 Å². The van der Waals surface area contributed by atoms with Crippen LogP contribution in [0.2, 0.25) is 0 Å². The number of likely N-dealkylation sites (N-methyl/N-ethyl adjacent to an activating group) is 1. The zero-order valence-electron chi connectivity index (χ0n) is 15.7. The van der Waals surface area contributed by atoms with Gasteiger partial charge in [0.25, 0.3) is 5.91 Å². The standard InChI is InChI=1S/C21H29N3O2/c1-22-13-10-18-17-8-4-5-9-19(17)24(20(18)21(22)26)15-16(25)14-23-11-6-2-3-7-12-23/h4-5,8-9,16,25H,2-3,6-7,10-15H2,1H3/t16-/m1/s1. The summed E-state index contributed by atoms with van der Waals surface area (Å²) < 4.78 is 2.06. The van der Waals surface area contributed by atoms with Crippen LogP contribution in [0.15, 0.2) is 24.3 Å². The Morgan fingerprint density at radius 2 is 1.77 bits per heavy atom. The second-order valence-electron chi connectivity index (χ2n) is 7.80. The second kappa shape index (κ2) is 7.41. The number of β-amino-alcohol motifs (C(OH)–C–C–N with tert-alkyl or cyclic N) is 1. The van der Waals surface area contributed by atoms with Gasteiger partial charge in [0.2, 0.25) is 0 Å². The maximum atomic E-state index is 12.8. The van der Waals surface area contributed by atoms with Gasteiger partial charge in [0.1, 0.15) is 5.69 Å². The molecule has 4 rings (SSSR count). The van der Waals surface area contributed by atoms with Crippen LogP contribution >= 0.6 is 0 Å². The Labute approximate surface area is 155 Å². The summed E-state index contributed by atoms with van der Waals surface area (Å²) in [5, 5.41) is 11.9. The molecule has 0 radical (unpaired) electrons. The first-order chi connectivity index (χ1) is 12.6. The number of aliphatic hydroxyl groups is 1. The van der Waals surface area contributed by atoms with Crippen molar-refractivity contribution < 1.29 is 9.90 Å². The maximum absolute atomic E-state index is 12.8. The van der Waals surface area contributed by atoms with E-state index in [1.165, 1.54) is 25.7 Å². The van der Waals surface area contributed by atoms with Crippen molar-refractivity contribution in [3.63, 3.8) is 0 Å². The predicted molar refractivity (Wildman–Crippen MR) is 104 cm³/mol. The molecule has 1 fully saturated rings. The molecule has 0 spiro atoms. The molecule has 5 nitrogen and oxygen atoms in total. The highest BCUT2D eigenvalue weighted by Gasteiger charge is 2.29. The number of amides is 1. The van der Waals surface area contributed by atoms with E-state index in [1.807, 2.05) is 19.2 Å². The van der Waals surface area contributed by atoms with Crippen LogP contribution in [0, 0.1) is 0 Å². The summed E-state index contributed by atoms with van der Waals surface area (Å²) in [5.41, 5.74) is 2.98. The molecule has 0 bridgehead atoms. The van der Waals surface area contributed by atoms with Gasteiger partial charge in [-0.3, -0.25) is 4.79 Å². The van der Waals surface area contributed by atoms with Crippen LogP contribution in [-0.4, -0.2) is 64.7 Å². The second-order valence-corrected chi connectivity index (χ2v) is 7.80. The van der Waals surface area contributed by atoms with Crippen molar-refractivity contribution in [3.8, 4) is 0 Å². The first-order valence-electron chi connectivity index (χ1n) is 9.91. The van der Waals surface area contributed by atoms with Crippen LogP contribution in [-0.2, 0) is 13.0 Å². The lowest BCUT2D eigenvalue weighted by Gasteiger charge is -2.27. The fourth-order valence-electron chi connectivity index (χ4n) is 4.51. The minimum Gasteiger partial charge on any atom is -0.390 e. The molecule has 26 heavy (non-hydrogen) atoms. The molecule has 1 aromatic heterocycles. The number of likely N-dealkylation sites (tertiary alicyclic amines) is 1. The molecule has 2 aliphatic heterocycles. The lowest BCUT2D eigenvalue weighted by molar-refractivity contribution is 0.0753. The summed E-state index contributed by atoms with van der Waals surface area (Å²) >= 11 is 0. The normalized spacial score (nSPS) is 20.2. The number of aromatic nitrogens is 1. The summed E-state index contributed by atoms with van der Waals surface area (Å²) in [6.45, 7) is 4.07. The highest BCUT2D eigenvalue weighted by molar-refractivity contribution is 6.02. The van der Waals surface area contributed by atoms with E-state index in [4.69, 9.17) is 0 Å². The zero-order chi connectivity index (χ0) is 18.1. The smallest absolute Gasteiger partial charge is 0.270 e. The lowest BCUT2D eigenvalue weighted by atomic mass is 10.0. The third-order valence-electron chi connectivity index (χ3n) is 5.88. The summed E-state index contributed by atoms with van der Waals surface area (Å²) in [4.78, 5) is 17.0. The molecule has 1 N–H and O–H groups in total. The number of hydrogen-bond acceptors (Lipinski definition) is 3. The number of carbonyl (C=O) groups is 1. The minimum atomic E-state index is -0.465. The third kappa shape index (κ3) is 3.26. The minimum absolute atomic E-state index is 0.0735. The predicted octanol–water partition coefficient (Wildman–Crippen LogP) is 2.51. The van der Waals surface area contributed by atoms with Gasteiger partial charge in [0.05, 0.1) is 12.6 Å². The zero-order valence-corrected chi connectivity index (χ0v) is 15.7. The molecule has 5 heteroatoms. The van der Waals surface area contributed by atoms with Gasteiger partial charge >= 0.3 is 0 Å². The number of carbonyl (C=O) groups excluding carboxylic acids is 1. The van der Waals surface area contributed by atoms with Crippen molar-refractivity contribution in [1.29, 1.82) is 0 Å². The molecule has 1 aromatic carbocycles. The summed E-state index contributed by atoms with van der Waals surface area (Å²) in [6.07, 6.45) is 5.45. The Morgan fingerprint density at radius 1 is 1.04 bits per heavy atom. The van der Waals surface area contributed by atoms with Gasteiger partial charge in [-0.15, -0.1) is 0 Å². The Bertz CT molecular complexity index is 790. The van der Waals surface area contributed by atoms with E-state index in [2.05, 4.69) is 21.6 Å². The molecule has 140 valence electrons. The molecule has 2 aromatic rings. The molecule has 1 saturated heterocycles. The van der Waals surface area contributed by atoms with Gasteiger partial charge in [-0.1, -0.05) is 31.0 Å². The largest absolute Gasteiger partial charge is 0.390 e. The van der Waals surface area contributed by atoms with Crippen molar-refractivity contribution in [2.24, 2.45) is 0 Å². The van der Waals surface area contributed by atoms with E-state index in [1.54, 1.807) is 4.90 Å². The molecule has 0 unspecified atom stereocenters. The van der Waals surface area contributed by atoms with Crippen molar-refractivity contribution in [2.75, 3.05) is 33.2 Å². The Balaban J connectivity index is 1.62. The topological polar surface area (TPSA) is 48.7 Å². The summed E-state index contributed by atoms with van der Waals surface area (Å²) in [7, 11) is 1.86. The monoisotopic (exact) mass is 355 g/mol. The van der Waals surface area contributed by atoms with Crippen molar-refractivity contribution >= 4 is 16.8 Å². The Morgan fingerprint density at radius 3 is 2.54 bits per heavy atom. The first kappa shape index (κ1) is 17.6. The van der Waals surface area contributed by atoms with Gasteiger partial charge in [-0.2, -0.15) is 0 Å². The average Bonchev–Trinajstić information content (AvgIpc) is 2.78. The molecular weight excluding hydrogens is 326 g/mol. The average molecular weight is 355 g/mol. The van der Waals surface area contributed by atoms with Gasteiger partial charge in [0.15, 0.2) is 0 Å². The molecule has 1 amide bonds. The number of benzene rings is 1. The Hall–Kier alpha value is -1.85. The number of hydrogen-bond donors (Lipinski definition) is 1. The van der Waals surface area contributed by atoms with E-state index in [9.17, 15) is 9.90 Å². The molecule has 2 aliphatic rings. The van der Waals surface area contributed by atoms with Crippen LogP contribution < -0.4 is 0 Å². The third-order valence-corrected chi connectivity index (χ3v) is 5.88. The lowest BCUT2D eigenvalue weighted by Crippen LogP contribution is -2.38. The van der Waals surface area contributed by atoms with Gasteiger partial charge in [-0.25, -0.2) is 0 Å². The van der Waals surface area contributed by atoms with Crippen LogP contribution in [0.3, 0.4) is 0 Å². The Kier molecular flexibility index (Phi) is 5.00. The van der Waals surface area contributed by atoms with E-state index >= 15 is 0 Å².